The van der Waals surface area contributed by atoms with Gasteiger partial charge in [-0.25, -0.2) is 0 Å². The Kier molecular flexibility index (Phi) is 3.87. The first kappa shape index (κ1) is 11.9. The molecule has 2 nitrogen and oxygen atoms in total. The van der Waals surface area contributed by atoms with E-state index in [9.17, 15) is 0 Å². The van der Waals surface area contributed by atoms with Crippen LogP contribution in [0.4, 0.5) is 0 Å². The summed E-state index contributed by atoms with van der Waals surface area (Å²) in [6.07, 6.45) is 4.73. The van der Waals surface area contributed by atoms with E-state index in [0.29, 0.717) is 0 Å². The lowest BCUT2D eigenvalue weighted by Gasteiger charge is -2.38. The number of thioether (sulfide) groups is 1. The average Bonchev–Trinajstić information content (AvgIpc) is 2.15. The van der Waals surface area contributed by atoms with Crippen LogP contribution in [0.3, 0.4) is 0 Å². The lowest BCUT2D eigenvalue weighted by atomic mass is 9.93. The fourth-order valence-corrected chi connectivity index (χ4v) is 2.54. The molecule has 1 unspecified atom stereocenters. The van der Waals surface area contributed by atoms with Crippen LogP contribution in [0.5, 0.6) is 0 Å². The second-order valence-corrected chi connectivity index (χ2v) is 6.18. The minimum absolute atomic E-state index is 0.000296. The van der Waals surface area contributed by atoms with E-state index in [2.05, 4.69) is 31.9 Å². The van der Waals surface area contributed by atoms with E-state index in [1.54, 1.807) is 0 Å². The Morgan fingerprint density at radius 2 is 2.07 bits per heavy atom. The third-order valence-electron chi connectivity index (χ3n) is 2.74. The Labute approximate surface area is 92.0 Å². The number of hydrogen-bond donors (Lipinski definition) is 1. The molecule has 14 heavy (non-hydrogen) atoms. The molecule has 0 radical (unpaired) electrons. The Balaban J connectivity index is 2.56. The summed E-state index contributed by atoms with van der Waals surface area (Å²) in [7, 11) is 0. The molecule has 0 aromatic rings. The van der Waals surface area contributed by atoms with Crippen molar-refractivity contribution in [3.63, 3.8) is 0 Å². The third kappa shape index (κ3) is 2.91. The highest BCUT2D eigenvalue weighted by Gasteiger charge is 2.27. The Bertz CT molecular complexity index is 208. The van der Waals surface area contributed by atoms with Gasteiger partial charge in [0, 0.05) is 23.8 Å². The summed E-state index contributed by atoms with van der Waals surface area (Å²) in [4.78, 5) is 2.25. The predicted molar refractivity (Wildman–Crippen MR) is 65.3 cm³/mol. The van der Waals surface area contributed by atoms with E-state index in [0.717, 1.165) is 24.2 Å². The lowest BCUT2D eigenvalue weighted by Crippen LogP contribution is -2.45. The SMILES string of the molecule is CSC1CCCN(C(=N)C(C)(C)C)C1. The van der Waals surface area contributed by atoms with Gasteiger partial charge < -0.3 is 4.90 Å². The molecular formula is C11H22N2S. The van der Waals surface area contributed by atoms with Gasteiger partial charge in [0.1, 0.15) is 5.84 Å². The van der Waals surface area contributed by atoms with Gasteiger partial charge in [0.2, 0.25) is 0 Å². The number of nitrogens with zero attached hydrogens (tertiary/aromatic N) is 1. The van der Waals surface area contributed by atoms with Crippen molar-refractivity contribution < 1.29 is 0 Å². The maximum absolute atomic E-state index is 8.12. The maximum Gasteiger partial charge on any atom is 0.101 e. The summed E-state index contributed by atoms with van der Waals surface area (Å²) in [5, 5.41) is 8.84. The van der Waals surface area contributed by atoms with Crippen LogP contribution < -0.4 is 0 Å². The monoisotopic (exact) mass is 214 g/mol. The van der Waals surface area contributed by atoms with E-state index in [1.807, 2.05) is 11.8 Å². The van der Waals surface area contributed by atoms with E-state index in [4.69, 9.17) is 5.41 Å². The summed E-state index contributed by atoms with van der Waals surface area (Å²) in [5.41, 5.74) is 0.000296. The standard InChI is InChI=1S/C11H22N2S/c1-11(2,3)10(12)13-7-5-6-9(8-13)14-4/h9,12H,5-8H2,1-4H3. The van der Waals surface area contributed by atoms with Crippen LogP contribution in [-0.4, -0.2) is 35.3 Å². The smallest absolute Gasteiger partial charge is 0.101 e. The highest BCUT2D eigenvalue weighted by Crippen LogP contribution is 2.25. The van der Waals surface area contributed by atoms with Crippen LogP contribution in [0.25, 0.3) is 0 Å². The average molecular weight is 214 g/mol. The molecule has 0 spiro atoms. The molecule has 1 atom stereocenters. The van der Waals surface area contributed by atoms with Gasteiger partial charge in [0.05, 0.1) is 0 Å². The molecule has 0 aromatic heterocycles. The van der Waals surface area contributed by atoms with E-state index < -0.39 is 0 Å². The molecule has 1 saturated heterocycles. The third-order valence-corrected chi connectivity index (χ3v) is 3.79. The van der Waals surface area contributed by atoms with Crippen molar-refractivity contribution in [3.05, 3.63) is 0 Å². The number of hydrogen-bond acceptors (Lipinski definition) is 2. The van der Waals surface area contributed by atoms with Crippen molar-refractivity contribution >= 4 is 17.6 Å². The second kappa shape index (κ2) is 4.56. The first-order chi connectivity index (χ1) is 6.45. The summed E-state index contributed by atoms with van der Waals surface area (Å²) in [5.74, 6) is 0.802. The fraction of sp³-hybridized carbons (Fsp3) is 0.909. The summed E-state index contributed by atoms with van der Waals surface area (Å²) >= 11 is 1.94. The number of likely N-dealkylation sites (tertiary alicyclic amines) is 1. The largest absolute Gasteiger partial charge is 0.359 e. The van der Waals surface area contributed by atoms with Crippen LogP contribution >= 0.6 is 11.8 Å². The van der Waals surface area contributed by atoms with E-state index in [-0.39, 0.29) is 5.41 Å². The summed E-state index contributed by atoms with van der Waals surface area (Å²) < 4.78 is 0. The van der Waals surface area contributed by atoms with Crippen molar-refractivity contribution in [2.75, 3.05) is 19.3 Å². The molecule has 0 aliphatic carbocycles. The van der Waals surface area contributed by atoms with Gasteiger partial charge in [-0.05, 0) is 19.1 Å². The molecule has 1 fully saturated rings. The maximum atomic E-state index is 8.12. The molecule has 3 heteroatoms. The molecule has 1 rings (SSSR count). The van der Waals surface area contributed by atoms with E-state index in [1.165, 1.54) is 12.8 Å². The number of rotatable bonds is 1. The van der Waals surface area contributed by atoms with Crippen molar-refractivity contribution in [2.24, 2.45) is 5.41 Å². The topological polar surface area (TPSA) is 27.1 Å². The number of nitrogens with one attached hydrogen (secondary N) is 1. The number of amidine groups is 1. The first-order valence-electron chi connectivity index (χ1n) is 5.32. The second-order valence-electron chi connectivity index (χ2n) is 5.04. The van der Waals surface area contributed by atoms with Crippen LogP contribution in [0, 0.1) is 10.8 Å². The molecular weight excluding hydrogens is 192 g/mol. The highest BCUT2D eigenvalue weighted by atomic mass is 32.2. The fourth-order valence-electron chi connectivity index (χ4n) is 1.81. The minimum atomic E-state index is 0.000296. The summed E-state index contributed by atoms with van der Waals surface area (Å²) in [6, 6.07) is 0. The van der Waals surface area contributed by atoms with Crippen LogP contribution in [0.1, 0.15) is 33.6 Å². The molecule has 0 amide bonds. The molecule has 1 aliphatic rings. The van der Waals surface area contributed by atoms with Gasteiger partial charge in [-0.1, -0.05) is 20.8 Å². The highest BCUT2D eigenvalue weighted by molar-refractivity contribution is 7.99. The molecule has 1 heterocycles. The molecule has 0 saturated carbocycles. The zero-order valence-corrected chi connectivity index (χ0v) is 10.6. The first-order valence-corrected chi connectivity index (χ1v) is 6.60. The van der Waals surface area contributed by atoms with Crippen molar-refractivity contribution in [1.29, 1.82) is 5.41 Å². The van der Waals surface area contributed by atoms with Crippen LogP contribution in [0.2, 0.25) is 0 Å². The van der Waals surface area contributed by atoms with Gasteiger partial charge in [0.25, 0.3) is 0 Å². The Hall–Kier alpha value is -0.180. The normalized spacial score (nSPS) is 23.7. The molecule has 1 N–H and O–H groups in total. The van der Waals surface area contributed by atoms with Crippen molar-refractivity contribution in [3.8, 4) is 0 Å². The molecule has 1 aliphatic heterocycles. The zero-order chi connectivity index (χ0) is 10.8. The van der Waals surface area contributed by atoms with E-state index >= 15 is 0 Å². The van der Waals surface area contributed by atoms with Gasteiger partial charge >= 0.3 is 0 Å². The van der Waals surface area contributed by atoms with Gasteiger partial charge in [-0.3, -0.25) is 5.41 Å². The van der Waals surface area contributed by atoms with Gasteiger partial charge in [-0.15, -0.1) is 0 Å². The summed E-state index contributed by atoms with van der Waals surface area (Å²) in [6.45, 7) is 8.51. The van der Waals surface area contributed by atoms with Crippen LogP contribution in [0.15, 0.2) is 0 Å². The van der Waals surface area contributed by atoms with Crippen molar-refractivity contribution in [2.45, 2.75) is 38.9 Å². The quantitative estimate of drug-likeness (QED) is 0.537. The zero-order valence-electron chi connectivity index (χ0n) is 9.76. The van der Waals surface area contributed by atoms with Crippen LogP contribution in [-0.2, 0) is 0 Å². The lowest BCUT2D eigenvalue weighted by molar-refractivity contribution is 0.316. The van der Waals surface area contributed by atoms with Gasteiger partial charge in [0.15, 0.2) is 0 Å². The Morgan fingerprint density at radius 3 is 2.57 bits per heavy atom. The minimum Gasteiger partial charge on any atom is -0.359 e. The molecule has 0 bridgehead atoms. The predicted octanol–water partition coefficient (Wildman–Crippen LogP) is 2.84. The Morgan fingerprint density at radius 1 is 1.43 bits per heavy atom. The van der Waals surface area contributed by atoms with Crippen molar-refractivity contribution in [1.82, 2.24) is 4.90 Å². The molecule has 0 aromatic carbocycles. The molecule has 82 valence electrons. The van der Waals surface area contributed by atoms with Gasteiger partial charge in [-0.2, -0.15) is 11.8 Å². The number of piperidine rings is 1.